The van der Waals surface area contributed by atoms with Crippen LogP contribution in [-0.2, 0) is 0 Å². The van der Waals surface area contributed by atoms with Crippen LogP contribution in [0.2, 0.25) is 10.0 Å². The number of hydrazone groups is 1. The number of nitrogens with one attached hydrogen (secondary N) is 1. The second-order valence-electron chi connectivity index (χ2n) is 6.36. The highest BCUT2D eigenvalue weighted by molar-refractivity contribution is 6.42. The molecule has 1 amide bonds. The van der Waals surface area contributed by atoms with Crippen LogP contribution >= 0.6 is 23.2 Å². The lowest BCUT2D eigenvalue weighted by Gasteiger charge is -2.09. The van der Waals surface area contributed by atoms with E-state index >= 15 is 0 Å². The van der Waals surface area contributed by atoms with Crippen LogP contribution in [0.25, 0.3) is 0 Å². The molecule has 9 heteroatoms. The van der Waals surface area contributed by atoms with Gasteiger partial charge < -0.3 is 14.2 Å². The van der Waals surface area contributed by atoms with Crippen molar-refractivity contribution in [1.82, 2.24) is 5.43 Å². The number of esters is 1. The molecule has 0 bridgehead atoms. The average Bonchev–Trinajstić information content (AvgIpc) is 2.81. The Bertz CT molecular complexity index is 1160. The van der Waals surface area contributed by atoms with E-state index in [9.17, 15) is 9.59 Å². The van der Waals surface area contributed by atoms with Crippen molar-refractivity contribution in [3.05, 3.63) is 87.4 Å². The summed E-state index contributed by atoms with van der Waals surface area (Å²) in [6.45, 7) is 0. The van der Waals surface area contributed by atoms with Gasteiger partial charge in [-0.1, -0.05) is 23.2 Å². The number of amides is 1. The van der Waals surface area contributed by atoms with E-state index in [-0.39, 0.29) is 5.02 Å². The summed E-state index contributed by atoms with van der Waals surface area (Å²) in [6.07, 6.45) is 1.45. The summed E-state index contributed by atoms with van der Waals surface area (Å²) in [5, 5.41) is 4.55. The zero-order chi connectivity index (χ0) is 23.1. The number of rotatable bonds is 7. The van der Waals surface area contributed by atoms with Crippen molar-refractivity contribution in [3.8, 4) is 17.2 Å². The Hall–Kier alpha value is -3.55. The third-order valence-electron chi connectivity index (χ3n) is 4.27. The number of carbonyl (C=O) groups excluding carboxylic acids is 2. The largest absolute Gasteiger partial charge is 0.493 e. The molecule has 0 aromatic heterocycles. The monoisotopic (exact) mass is 472 g/mol. The number of benzene rings is 3. The van der Waals surface area contributed by atoms with Crippen LogP contribution in [0.15, 0.2) is 65.8 Å². The molecule has 32 heavy (non-hydrogen) atoms. The van der Waals surface area contributed by atoms with Gasteiger partial charge >= 0.3 is 5.97 Å². The summed E-state index contributed by atoms with van der Waals surface area (Å²) in [4.78, 5) is 24.5. The maximum Gasteiger partial charge on any atom is 0.343 e. The first-order chi connectivity index (χ1) is 15.4. The van der Waals surface area contributed by atoms with Gasteiger partial charge in [-0.3, -0.25) is 4.79 Å². The van der Waals surface area contributed by atoms with Crippen LogP contribution in [-0.4, -0.2) is 32.3 Å². The molecule has 0 atom stereocenters. The third-order valence-corrected chi connectivity index (χ3v) is 5.01. The first-order valence-corrected chi connectivity index (χ1v) is 9.99. The Balaban J connectivity index is 1.59. The molecule has 7 nitrogen and oxygen atoms in total. The van der Waals surface area contributed by atoms with Gasteiger partial charge in [-0.05, 0) is 66.2 Å². The minimum Gasteiger partial charge on any atom is -0.493 e. The summed E-state index contributed by atoms with van der Waals surface area (Å²) in [5.74, 6) is 0.318. The Labute approximate surface area is 194 Å². The molecular formula is C23H18Cl2N2O5. The van der Waals surface area contributed by atoms with Crippen molar-refractivity contribution in [3.63, 3.8) is 0 Å². The standard InChI is InChI=1S/C23H18Cl2N2O5/c1-30-20-10-6-16(12-21(20)31-2)23(29)32-17-7-3-14(4-8-17)13-26-27-22(28)15-5-9-18(24)19(25)11-15/h3-13H,1-2H3,(H,27,28)/b26-13-. The number of halogens is 2. The molecule has 3 aromatic rings. The molecule has 3 aromatic carbocycles. The summed E-state index contributed by atoms with van der Waals surface area (Å²) >= 11 is 11.7. The van der Waals surface area contributed by atoms with Gasteiger partial charge in [0.05, 0.1) is 36.0 Å². The van der Waals surface area contributed by atoms with Crippen LogP contribution in [0.3, 0.4) is 0 Å². The number of methoxy groups -OCH3 is 2. The Morgan fingerprint density at radius 1 is 0.844 bits per heavy atom. The molecule has 3 rings (SSSR count). The molecule has 164 valence electrons. The molecule has 0 radical (unpaired) electrons. The van der Waals surface area contributed by atoms with Gasteiger partial charge in [0.25, 0.3) is 5.91 Å². The molecule has 0 aliphatic carbocycles. The van der Waals surface area contributed by atoms with Crippen LogP contribution in [0, 0.1) is 0 Å². The Morgan fingerprint density at radius 3 is 2.19 bits per heavy atom. The average molecular weight is 473 g/mol. The first kappa shape index (κ1) is 23.1. The molecule has 0 saturated heterocycles. The van der Waals surface area contributed by atoms with Gasteiger partial charge in [-0.2, -0.15) is 5.10 Å². The zero-order valence-electron chi connectivity index (χ0n) is 17.1. The summed E-state index contributed by atoms with van der Waals surface area (Å²) in [6, 6.07) is 15.9. The topological polar surface area (TPSA) is 86.2 Å². The Kier molecular flexibility index (Phi) is 7.70. The minimum atomic E-state index is -0.541. The molecule has 0 spiro atoms. The molecule has 0 aliphatic rings. The fraction of sp³-hybridized carbons (Fsp3) is 0.0870. The van der Waals surface area contributed by atoms with Crippen LogP contribution in [0.4, 0.5) is 0 Å². The first-order valence-electron chi connectivity index (χ1n) is 9.24. The molecule has 0 saturated carbocycles. The molecule has 0 unspecified atom stereocenters. The van der Waals surface area contributed by atoms with Crippen LogP contribution < -0.4 is 19.6 Å². The fourth-order valence-corrected chi connectivity index (χ4v) is 2.92. The van der Waals surface area contributed by atoms with E-state index < -0.39 is 11.9 Å². The third kappa shape index (κ3) is 5.78. The van der Waals surface area contributed by atoms with Crippen LogP contribution in [0.5, 0.6) is 17.2 Å². The molecule has 0 fully saturated rings. The van der Waals surface area contributed by atoms with Crippen molar-refractivity contribution >= 4 is 41.3 Å². The molecular weight excluding hydrogens is 455 g/mol. The van der Waals surface area contributed by atoms with E-state index in [2.05, 4.69) is 10.5 Å². The second kappa shape index (κ2) is 10.7. The molecule has 0 aliphatic heterocycles. The maximum atomic E-state index is 12.4. The van der Waals surface area contributed by atoms with Gasteiger partial charge in [-0.25, -0.2) is 10.2 Å². The number of hydrogen-bond donors (Lipinski definition) is 1. The van der Waals surface area contributed by atoms with E-state index in [0.29, 0.717) is 39.0 Å². The van der Waals surface area contributed by atoms with E-state index in [1.54, 1.807) is 48.5 Å². The second-order valence-corrected chi connectivity index (χ2v) is 7.17. The fourth-order valence-electron chi connectivity index (χ4n) is 2.62. The van der Waals surface area contributed by atoms with E-state index in [1.165, 1.54) is 32.6 Å². The van der Waals surface area contributed by atoms with E-state index in [4.69, 9.17) is 37.4 Å². The van der Waals surface area contributed by atoms with Crippen molar-refractivity contribution in [1.29, 1.82) is 0 Å². The summed E-state index contributed by atoms with van der Waals surface area (Å²) in [7, 11) is 3.00. The lowest BCUT2D eigenvalue weighted by Crippen LogP contribution is -2.17. The predicted molar refractivity (Wildman–Crippen MR) is 122 cm³/mol. The van der Waals surface area contributed by atoms with Crippen molar-refractivity contribution in [2.75, 3.05) is 14.2 Å². The molecule has 1 N–H and O–H groups in total. The van der Waals surface area contributed by atoms with Gasteiger partial charge in [0.1, 0.15) is 5.75 Å². The summed E-state index contributed by atoms with van der Waals surface area (Å²) < 4.78 is 15.7. The highest BCUT2D eigenvalue weighted by Crippen LogP contribution is 2.28. The van der Waals surface area contributed by atoms with E-state index in [0.717, 1.165) is 0 Å². The van der Waals surface area contributed by atoms with Gasteiger partial charge in [0, 0.05) is 5.56 Å². The smallest absolute Gasteiger partial charge is 0.343 e. The van der Waals surface area contributed by atoms with Gasteiger partial charge in [-0.15, -0.1) is 0 Å². The highest BCUT2D eigenvalue weighted by atomic mass is 35.5. The van der Waals surface area contributed by atoms with Crippen LogP contribution in [0.1, 0.15) is 26.3 Å². The van der Waals surface area contributed by atoms with Gasteiger partial charge in [0.15, 0.2) is 11.5 Å². The normalized spacial score (nSPS) is 10.6. The minimum absolute atomic E-state index is 0.279. The molecule has 0 heterocycles. The number of ether oxygens (including phenoxy) is 3. The lowest BCUT2D eigenvalue weighted by molar-refractivity contribution is 0.0734. The van der Waals surface area contributed by atoms with Crippen molar-refractivity contribution in [2.45, 2.75) is 0 Å². The number of nitrogens with zero attached hydrogens (tertiary/aromatic N) is 1. The maximum absolute atomic E-state index is 12.4. The Morgan fingerprint density at radius 2 is 1.53 bits per heavy atom. The highest BCUT2D eigenvalue weighted by Gasteiger charge is 2.13. The van der Waals surface area contributed by atoms with E-state index in [1.807, 2.05) is 0 Å². The predicted octanol–water partition coefficient (Wildman–Crippen LogP) is 4.99. The zero-order valence-corrected chi connectivity index (χ0v) is 18.6. The van der Waals surface area contributed by atoms with Gasteiger partial charge in [0.2, 0.25) is 0 Å². The SMILES string of the molecule is COc1ccc(C(=O)Oc2ccc(/C=N\NC(=O)c3ccc(Cl)c(Cl)c3)cc2)cc1OC. The summed E-state index contributed by atoms with van der Waals surface area (Å²) in [5.41, 5.74) is 3.74. The quantitative estimate of drug-likeness (QED) is 0.226. The number of carbonyl (C=O) groups is 2. The van der Waals surface area contributed by atoms with Crippen molar-refractivity contribution in [2.24, 2.45) is 5.10 Å². The van der Waals surface area contributed by atoms with Crippen molar-refractivity contribution < 1.29 is 23.8 Å². The lowest BCUT2D eigenvalue weighted by atomic mass is 10.2. The number of hydrogen-bond acceptors (Lipinski definition) is 6.